The van der Waals surface area contributed by atoms with Crippen molar-refractivity contribution in [2.24, 2.45) is 5.92 Å². The number of benzene rings is 1. The van der Waals surface area contributed by atoms with Gasteiger partial charge < -0.3 is 5.32 Å². The molecular weight excluding hydrogens is 465 g/mol. The first kappa shape index (κ1) is 22.9. The number of aromatic nitrogens is 3. The Labute approximate surface area is 200 Å². The van der Waals surface area contributed by atoms with Crippen molar-refractivity contribution in [2.45, 2.75) is 33.2 Å². The molecule has 0 saturated carbocycles. The van der Waals surface area contributed by atoms with Crippen LogP contribution in [-0.2, 0) is 4.79 Å². The van der Waals surface area contributed by atoms with Crippen molar-refractivity contribution in [3.63, 3.8) is 0 Å². The Morgan fingerprint density at radius 3 is 2.33 bits per heavy atom. The summed E-state index contributed by atoms with van der Waals surface area (Å²) in [6.45, 7) is 5.48. The number of pyridine rings is 1. The first-order valence-electron chi connectivity index (χ1n) is 10.4. The van der Waals surface area contributed by atoms with E-state index in [1.165, 1.54) is 16.9 Å². The van der Waals surface area contributed by atoms with Crippen molar-refractivity contribution < 1.29 is 14.4 Å². The van der Waals surface area contributed by atoms with E-state index in [4.69, 9.17) is 23.2 Å². The van der Waals surface area contributed by atoms with E-state index < -0.39 is 23.8 Å². The molecule has 8 nitrogen and oxygen atoms in total. The van der Waals surface area contributed by atoms with E-state index in [2.05, 4.69) is 15.4 Å². The number of imide groups is 1. The number of nitrogens with one attached hydrogen (secondary N) is 1. The quantitative estimate of drug-likeness (QED) is 0.517. The van der Waals surface area contributed by atoms with Crippen molar-refractivity contribution in [3.8, 4) is 5.82 Å². The number of hydrogen-bond acceptors (Lipinski definition) is 5. The molecule has 3 heterocycles. The van der Waals surface area contributed by atoms with E-state index >= 15 is 0 Å². The van der Waals surface area contributed by atoms with Crippen molar-refractivity contribution in [1.29, 1.82) is 0 Å². The fourth-order valence-corrected chi connectivity index (χ4v) is 4.29. The highest BCUT2D eigenvalue weighted by Crippen LogP contribution is 2.30. The lowest BCUT2D eigenvalue weighted by Crippen LogP contribution is -2.50. The van der Waals surface area contributed by atoms with Crippen molar-refractivity contribution in [2.75, 3.05) is 5.32 Å². The number of halogens is 2. The molecule has 0 fully saturated rings. The highest BCUT2D eigenvalue weighted by molar-refractivity contribution is 6.35. The number of carbonyl (C=O) groups excluding carboxylic acids is 3. The van der Waals surface area contributed by atoms with E-state index in [9.17, 15) is 14.4 Å². The summed E-state index contributed by atoms with van der Waals surface area (Å²) in [5.41, 5.74) is 1.20. The largest absolute Gasteiger partial charge is 0.309 e. The van der Waals surface area contributed by atoms with Gasteiger partial charge in [-0.1, -0.05) is 55.6 Å². The third-order valence-corrected chi connectivity index (χ3v) is 6.11. The molecule has 0 radical (unpaired) electrons. The van der Waals surface area contributed by atoms with Gasteiger partial charge in [0.05, 0.1) is 26.9 Å². The average Bonchev–Trinajstić information content (AvgIpc) is 3.26. The molecule has 0 saturated heterocycles. The topological polar surface area (TPSA) is 97.2 Å². The lowest BCUT2D eigenvalue weighted by molar-refractivity contribution is -0.121. The molecule has 10 heteroatoms. The second-order valence-corrected chi connectivity index (χ2v) is 8.73. The summed E-state index contributed by atoms with van der Waals surface area (Å²) in [5.74, 6) is -1.18. The molecular formula is C23H21Cl2N5O3. The molecule has 2 atom stereocenters. The fourth-order valence-electron chi connectivity index (χ4n) is 3.83. The summed E-state index contributed by atoms with van der Waals surface area (Å²) in [7, 11) is 0. The molecule has 33 heavy (non-hydrogen) atoms. The summed E-state index contributed by atoms with van der Waals surface area (Å²) >= 11 is 12.2. The van der Waals surface area contributed by atoms with Crippen LogP contribution in [0, 0.1) is 12.8 Å². The van der Waals surface area contributed by atoms with Gasteiger partial charge in [0, 0.05) is 12.3 Å². The molecule has 2 aromatic heterocycles. The maximum atomic E-state index is 13.5. The summed E-state index contributed by atoms with van der Waals surface area (Å²) in [6, 6.07) is 8.72. The molecule has 1 aliphatic heterocycles. The molecule has 4 rings (SSSR count). The van der Waals surface area contributed by atoms with Crippen molar-refractivity contribution >= 4 is 46.7 Å². The minimum Gasteiger partial charge on any atom is -0.309 e. The van der Waals surface area contributed by atoms with Gasteiger partial charge in [0.25, 0.3) is 11.8 Å². The second-order valence-electron chi connectivity index (χ2n) is 7.89. The number of nitrogens with zero attached hydrogens (tertiary/aromatic N) is 4. The Morgan fingerprint density at radius 2 is 1.76 bits per heavy atom. The molecule has 1 aliphatic rings. The van der Waals surface area contributed by atoms with Crippen LogP contribution in [0.25, 0.3) is 5.82 Å². The van der Waals surface area contributed by atoms with Crippen molar-refractivity contribution in [1.82, 2.24) is 19.7 Å². The average molecular weight is 486 g/mol. The number of hydrogen-bond donors (Lipinski definition) is 1. The zero-order chi connectivity index (χ0) is 23.9. The predicted molar refractivity (Wildman–Crippen MR) is 125 cm³/mol. The number of aryl methyl sites for hydroxylation is 1. The van der Waals surface area contributed by atoms with Crippen LogP contribution < -0.4 is 5.32 Å². The number of carbonyl (C=O) groups is 3. The Morgan fingerprint density at radius 1 is 1.12 bits per heavy atom. The van der Waals surface area contributed by atoms with Crippen LogP contribution in [-0.4, -0.2) is 43.4 Å². The standard InChI is InChI=1S/C23H21Cl2N5O3/c1-4-12(2)19(29-22(32)15-7-5-6-8-16(15)23(29)33)21(31)27-18-9-13(3)28-30(18)20-17(25)10-14(24)11-26-20/h5-12,19H,4H2,1-3H3,(H,27,31). The first-order valence-corrected chi connectivity index (χ1v) is 11.1. The maximum Gasteiger partial charge on any atom is 0.262 e. The van der Waals surface area contributed by atoms with Crippen LogP contribution in [0.2, 0.25) is 10.0 Å². The number of amides is 3. The lowest BCUT2D eigenvalue weighted by atomic mass is 9.96. The third-order valence-electron chi connectivity index (χ3n) is 5.63. The van der Waals surface area contributed by atoms with Crippen LogP contribution in [0.3, 0.4) is 0 Å². The van der Waals surface area contributed by atoms with Gasteiger partial charge in [-0.15, -0.1) is 0 Å². The summed E-state index contributed by atoms with van der Waals surface area (Å²) < 4.78 is 1.39. The Bertz CT molecular complexity index is 1240. The molecule has 0 aliphatic carbocycles. The second kappa shape index (κ2) is 8.96. The van der Waals surface area contributed by atoms with Gasteiger partial charge in [-0.3, -0.25) is 19.3 Å². The monoisotopic (exact) mass is 485 g/mol. The summed E-state index contributed by atoms with van der Waals surface area (Å²) in [6.07, 6.45) is 2.00. The first-order chi connectivity index (χ1) is 15.7. The van der Waals surface area contributed by atoms with Gasteiger partial charge in [0.1, 0.15) is 11.9 Å². The zero-order valence-corrected chi connectivity index (χ0v) is 19.7. The Hall–Kier alpha value is -3.23. The molecule has 1 N–H and O–H groups in total. The van der Waals surface area contributed by atoms with E-state index in [0.717, 1.165) is 4.90 Å². The SMILES string of the molecule is CCC(C)C(C(=O)Nc1cc(C)nn1-c1ncc(Cl)cc1Cl)N1C(=O)c2ccccc2C1=O. The van der Waals surface area contributed by atoms with Gasteiger partial charge in [0.2, 0.25) is 5.91 Å². The minimum absolute atomic E-state index is 0.250. The van der Waals surface area contributed by atoms with Gasteiger partial charge in [-0.25, -0.2) is 4.98 Å². The van der Waals surface area contributed by atoms with E-state index in [0.29, 0.717) is 34.1 Å². The Balaban J connectivity index is 1.70. The summed E-state index contributed by atoms with van der Waals surface area (Å²) in [4.78, 5) is 44.9. The minimum atomic E-state index is -1.01. The van der Waals surface area contributed by atoms with Crippen LogP contribution in [0.4, 0.5) is 5.82 Å². The highest BCUT2D eigenvalue weighted by Gasteiger charge is 2.44. The van der Waals surface area contributed by atoms with Crippen LogP contribution >= 0.6 is 23.2 Å². The molecule has 170 valence electrons. The van der Waals surface area contributed by atoms with E-state index in [1.807, 2.05) is 13.8 Å². The Kier molecular flexibility index (Phi) is 6.23. The van der Waals surface area contributed by atoms with Crippen molar-refractivity contribution in [3.05, 3.63) is 69.5 Å². The smallest absolute Gasteiger partial charge is 0.262 e. The van der Waals surface area contributed by atoms with Crippen LogP contribution in [0.1, 0.15) is 46.7 Å². The third kappa shape index (κ3) is 4.12. The zero-order valence-electron chi connectivity index (χ0n) is 18.2. The number of fused-ring (bicyclic) bond motifs is 1. The highest BCUT2D eigenvalue weighted by atomic mass is 35.5. The number of anilines is 1. The van der Waals surface area contributed by atoms with Crippen LogP contribution in [0.5, 0.6) is 0 Å². The number of rotatable bonds is 6. The molecule has 0 bridgehead atoms. The molecule has 3 aromatic rings. The summed E-state index contributed by atoms with van der Waals surface area (Å²) in [5, 5.41) is 7.80. The lowest BCUT2D eigenvalue weighted by Gasteiger charge is -2.29. The van der Waals surface area contributed by atoms with Gasteiger partial charge in [-0.05, 0) is 31.0 Å². The normalized spacial score (nSPS) is 14.9. The van der Waals surface area contributed by atoms with Gasteiger partial charge >= 0.3 is 0 Å². The van der Waals surface area contributed by atoms with Gasteiger partial charge in [0.15, 0.2) is 5.82 Å². The van der Waals surface area contributed by atoms with Crippen LogP contribution in [0.15, 0.2) is 42.6 Å². The fraction of sp³-hybridized carbons (Fsp3) is 0.261. The maximum absolute atomic E-state index is 13.5. The molecule has 3 amide bonds. The molecule has 1 aromatic carbocycles. The molecule has 2 unspecified atom stereocenters. The van der Waals surface area contributed by atoms with E-state index in [1.54, 1.807) is 37.3 Å². The molecule has 0 spiro atoms. The van der Waals surface area contributed by atoms with E-state index in [-0.39, 0.29) is 16.8 Å². The predicted octanol–water partition coefficient (Wildman–Crippen LogP) is 4.53. The van der Waals surface area contributed by atoms with Gasteiger partial charge in [-0.2, -0.15) is 9.78 Å².